The van der Waals surface area contributed by atoms with Gasteiger partial charge in [-0.05, 0) is 37.4 Å². The lowest BCUT2D eigenvalue weighted by molar-refractivity contribution is -0.0377. The summed E-state index contributed by atoms with van der Waals surface area (Å²) in [7, 11) is -3.84. The number of nitrogens with zero attached hydrogens (tertiary/aromatic N) is 1. The van der Waals surface area contributed by atoms with Gasteiger partial charge in [-0.25, -0.2) is 4.57 Å². The van der Waals surface area contributed by atoms with Gasteiger partial charge in [0.2, 0.25) is 0 Å². The molecule has 0 atom stereocenters. The number of amides is 2. The van der Waals surface area contributed by atoms with E-state index in [2.05, 4.69) is 0 Å². The van der Waals surface area contributed by atoms with Crippen molar-refractivity contribution in [2.24, 2.45) is 0 Å². The molecule has 25 heavy (non-hydrogen) atoms. The van der Waals surface area contributed by atoms with Crippen LogP contribution in [0.5, 0.6) is 5.75 Å². The Morgan fingerprint density at radius 1 is 1.04 bits per heavy atom. The number of hydroxylamine groups is 2. The van der Waals surface area contributed by atoms with Crippen molar-refractivity contribution >= 4 is 30.4 Å². The molecule has 0 aromatic heterocycles. The Kier molecular flexibility index (Phi) is 4.62. The molecular formula is C16H16NO7P. The van der Waals surface area contributed by atoms with Gasteiger partial charge < -0.3 is 4.52 Å². The van der Waals surface area contributed by atoms with Crippen molar-refractivity contribution in [2.75, 3.05) is 13.2 Å². The zero-order valence-electron chi connectivity index (χ0n) is 13.6. The second-order valence-electron chi connectivity index (χ2n) is 5.17. The zero-order valence-corrected chi connectivity index (χ0v) is 14.5. The summed E-state index contributed by atoms with van der Waals surface area (Å²) >= 11 is 0. The summed E-state index contributed by atoms with van der Waals surface area (Å²) in [6, 6.07) is 7.62. The van der Waals surface area contributed by atoms with Crippen LogP contribution in [0.4, 0.5) is 0 Å². The van der Waals surface area contributed by atoms with Gasteiger partial charge in [-0.2, -0.15) is 0 Å². The summed E-state index contributed by atoms with van der Waals surface area (Å²) in [5, 5.41) is 10.7. The molecular weight excluding hydrogens is 349 g/mol. The molecule has 0 saturated heterocycles. The van der Waals surface area contributed by atoms with Gasteiger partial charge >= 0.3 is 7.82 Å². The summed E-state index contributed by atoms with van der Waals surface area (Å²) in [4.78, 5) is 24.3. The molecule has 2 aromatic carbocycles. The van der Waals surface area contributed by atoms with E-state index in [0.717, 1.165) is 0 Å². The number of phosphoric ester groups is 1. The first kappa shape index (κ1) is 17.6. The summed E-state index contributed by atoms with van der Waals surface area (Å²) in [5.41, 5.74) is 0.253. The molecule has 3 rings (SSSR count). The third kappa shape index (κ3) is 3.05. The van der Waals surface area contributed by atoms with Crippen molar-refractivity contribution in [1.29, 1.82) is 0 Å². The van der Waals surface area contributed by atoms with Gasteiger partial charge in [-0.1, -0.05) is 12.1 Å². The Morgan fingerprint density at radius 2 is 1.68 bits per heavy atom. The standard InChI is InChI=1S/C16H16NO7P/c1-3-22-25(21,23-4-2)24-11-8-10-6-5-7-12-14(10)13(9-11)16(19)17(20)15(12)18/h5-9,20H,3-4H2,1-2H3. The van der Waals surface area contributed by atoms with E-state index in [0.29, 0.717) is 10.8 Å². The second-order valence-corrected chi connectivity index (χ2v) is 6.76. The molecule has 0 radical (unpaired) electrons. The van der Waals surface area contributed by atoms with Crippen molar-refractivity contribution in [3.8, 4) is 5.75 Å². The minimum Gasteiger partial charge on any atom is -0.404 e. The number of carbonyl (C=O) groups is 2. The van der Waals surface area contributed by atoms with Crippen molar-refractivity contribution in [3.05, 3.63) is 41.5 Å². The van der Waals surface area contributed by atoms with E-state index < -0.39 is 19.6 Å². The fraction of sp³-hybridized carbons (Fsp3) is 0.250. The van der Waals surface area contributed by atoms with E-state index >= 15 is 0 Å². The van der Waals surface area contributed by atoms with Gasteiger partial charge in [0.1, 0.15) is 5.75 Å². The minimum atomic E-state index is -3.84. The molecule has 2 aromatic rings. The van der Waals surface area contributed by atoms with Crippen LogP contribution in [0.1, 0.15) is 34.6 Å². The average molecular weight is 365 g/mol. The molecule has 0 aliphatic carbocycles. The van der Waals surface area contributed by atoms with Gasteiger partial charge in [-0.3, -0.25) is 23.8 Å². The molecule has 0 bridgehead atoms. The topological polar surface area (TPSA) is 102 Å². The molecule has 0 fully saturated rings. The SMILES string of the molecule is CCOP(=O)(OCC)Oc1cc2c3c(cccc3c1)C(=O)N(O)C2=O. The fourth-order valence-corrected chi connectivity index (χ4v) is 3.83. The number of imide groups is 1. The second kappa shape index (κ2) is 6.57. The van der Waals surface area contributed by atoms with Crippen LogP contribution >= 0.6 is 7.82 Å². The highest BCUT2D eigenvalue weighted by Crippen LogP contribution is 2.50. The number of hydrogen-bond donors (Lipinski definition) is 1. The molecule has 1 heterocycles. The van der Waals surface area contributed by atoms with Crippen molar-refractivity contribution < 1.29 is 32.9 Å². The quantitative estimate of drug-likeness (QED) is 0.475. The molecule has 1 N–H and O–H groups in total. The zero-order chi connectivity index (χ0) is 18.2. The number of phosphoric acid groups is 1. The van der Waals surface area contributed by atoms with Crippen LogP contribution in [-0.2, 0) is 13.6 Å². The van der Waals surface area contributed by atoms with E-state index in [1.54, 1.807) is 26.0 Å². The van der Waals surface area contributed by atoms with Gasteiger partial charge in [0.15, 0.2) is 0 Å². The van der Waals surface area contributed by atoms with Crippen LogP contribution in [0.3, 0.4) is 0 Å². The lowest BCUT2D eigenvalue weighted by Gasteiger charge is -2.23. The molecule has 132 valence electrons. The third-order valence-corrected chi connectivity index (χ3v) is 5.17. The van der Waals surface area contributed by atoms with E-state index in [9.17, 15) is 19.4 Å². The van der Waals surface area contributed by atoms with Gasteiger partial charge in [0.25, 0.3) is 11.8 Å². The predicted molar refractivity (Wildman–Crippen MR) is 87.7 cm³/mol. The Bertz CT molecular complexity index is 901. The number of hydrogen-bond acceptors (Lipinski definition) is 7. The number of carbonyl (C=O) groups excluding carboxylic acids is 2. The molecule has 9 heteroatoms. The van der Waals surface area contributed by atoms with Crippen molar-refractivity contribution in [1.82, 2.24) is 5.06 Å². The van der Waals surface area contributed by atoms with E-state index in [1.165, 1.54) is 18.2 Å². The maximum atomic E-state index is 12.5. The highest BCUT2D eigenvalue weighted by Gasteiger charge is 2.34. The fourth-order valence-electron chi connectivity index (χ4n) is 2.66. The summed E-state index contributed by atoms with van der Waals surface area (Å²) in [6.45, 7) is 3.51. The van der Waals surface area contributed by atoms with Crippen LogP contribution < -0.4 is 4.52 Å². The third-order valence-electron chi connectivity index (χ3n) is 3.59. The lowest BCUT2D eigenvalue weighted by Crippen LogP contribution is -2.37. The van der Waals surface area contributed by atoms with Crippen LogP contribution in [0.2, 0.25) is 0 Å². The molecule has 0 saturated carbocycles. The van der Waals surface area contributed by atoms with Crippen molar-refractivity contribution in [3.63, 3.8) is 0 Å². The normalized spacial score (nSPS) is 14.3. The molecule has 1 aliphatic heterocycles. The maximum absolute atomic E-state index is 12.5. The smallest absolute Gasteiger partial charge is 0.404 e. The highest BCUT2D eigenvalue weighted by molar-refractivity contribution is 7.48. The first-order valence-electron chi connectivity index (χ1n) is 7.63. The Hall–Kier alpha value is -2.25. The molecule has 8 nitrogen and oxygen atoms in total. The molecule has 2 amide bonds. The van der Waals surface area contributed by atoms with E-state index in [1.807, 2.05) is 0 Å². The predicted octanol–water partition coefficient (Wildman–Crippen LogP) is 3.38. The Morgan fingerprint density at radius 3 is 2.32 bits per heavy atom. The van der Waals surface area contributed by atoms with E-state index in [4.69, 9.17) is 13.6 Å². The van der Waals surface area contributed by atoms with E-state index in [-0.39, 0.29) is 35.2 Å². The monoisotopic (exact) mass is 365 g/mol. The molecule has 0 spiro atoms. The van der Waals surface area contributed by atoms with Crippen LogP contribution in [0.25, 0.3) is 10.8 Å². The van der Waals surface area contributed by atoms with Gasteiger partial charge in [-0.15, -0.1) is 5.06 Å². The van der Waals surface area contributed by atoms with Crippen LogP contribution in [0, 0.1) is 0 Å². The Balaban J connectivity index is 2.14. The summed E-state index contributed by atoms with van der Waals surface area (Å²) in [6.07, 6.45) is 0. The minimum absolute atomic E-state index is 0.0472. The molecule has 1 aliphatic rings. The largest absolute Gasteiger partial charge is 0.530 e. The highest BCUT2D eigenvalue weighted by atomic mass is 31.2. The first-order chi connectivity index (χ1) is 11.9. The van der Waals surface area contributed by atoms with Crippen LogP contribution in [-0.4, -0.2) is 35.3 Å². The lowest BCUT2D eigenvalue weighted by atomic mass is 9.95. The number of benzene rings is 2. The first-order valence-corrected chi connectivity index (χ1v) is 9.09. The van der Waals surface area contributed by atoms with Gasteiger partial charge in [0, 0.05) is 5.39 Å². The Labute approximate surface area is 143 Å². The molecule has 0 unspecified atom stereocenters. The average Bonchev–Trinajstić information content (AvgIpc) is 2.57. The van der Waals surface area contributed by atoms with Gasteiger partial charge in [0.05, 0.1) is 24.3 Å². The maximum Gasteiger partial charge on any atom is 0.530 e. The number of rotatable bonds is 6. The van der Waals surface area contributed by atoms with Crippen molar-refractivity contribution in [2.45, 2.75) is 13.8 Å². The summed E-state index contributed by atoms with van der Waals surface area (Å²) in [5.74, 6) is -1.62. The van der Waals surface area contributed by atoms with Crippen LogP contribution in [0.15, 0.2) is 30.3 Å². The summed E-state index contributed by atoms with van der Waals surface area (Å²) < 4.78 is 28.1.